The number of ether oxygens (including phenoxy) is 1. The topological polar surface area (TPSA) is 79.0 Å². The van der Waals surface area contributed by atoms with E-state index in [1.807, 2.05) is 14.0 Å². The molecule has 26 heavy (non-hydrogen) atoms. The van der Waals surface area contributed by atoms with Crippen molar-refractivity contribution in [3.05, 3.63) is 23.8 Å². The number of benzene rings is 1. The molecule has 2 rings (SSSR count). The first-order valence-electron chi connectivity index (χ1n) is 8.80. The Morgan fingerprint density at radius 1 is 1.23 bits per heavy atom. The van der Waals surface area contributed by atoms with Gasteiger partial charge in [0.25, 0.3) is 5.91 Å². The largest absolute Gasteiger partial charge is 0.495 e. The van der Waals surface area contributed by atoms with Crippen molar-refractivity contribution < 1.29 is 17.9 Å². The van der Waals surface area contributed by atoms with Crippen molar-refractivity contribution in [1.82, 2.24) is 14.5 Å². The summed E-state index contributed by atoms with van der Waals surface area (Å²) in [5.41, 5.74) is 0.346. The molecular formula is C18H29N3O4S. The summed E-state index contributed by atoms with van der Waals surface area (Å²) in [4.78, 5) is 17.0. The Kier molecular flexibility index (Phi) is 6.31. The first-order valence-corrected chi connectivity index (χ1v) is 10.3. The number of hydrogen-bond acceptors (Lipinski definition) is 5. The summed E-state index contributed by atoms with van der Waals surface area (Å²) < 4.78 is 33.0. The van der Waals surface area contributed by atoms with Crippen LogP contribution in [0.4, 0.5) is 0 Å². The summed E-state index contributed by atoms with van der Waals surface area (Å²) in [6, 6.07) is 4.57. The van der Waals surface area contributed by atoms with Crippen LogP contribution in [0, 0.1) is 0 Å². The van der Waals surface area contributed by atoms with Gasteiger partial charge in [-0.15, -0.1) is 0 Å². The molecule has 2 atom stereocenters. The predicted molar refractivity (Wildman–Crippen MR) is 101 cm³/mol. The molecule has 8 heteroatoms. The molecule has 146 valence electrons. The van der Waals surface area contributed by atoms with Crippen LogP contribution in [-0.4, -0.2) is 69.5 Å². The van der Waals surface area contributed by atoms with E-state index in [2.05, 4.69) is 16.5 Å². The van der Waals surface area contributed by atoms with Gasteiger partial charge in [-0.25, -0.2) is 13.1 Å². The monoisotopic (exact) mass is 383 g/mol. The van der Waals surface area contributed by atoms with Crippen LogP contribution in [-0.2, 0) is 10.0 Å². The van der Waals surface area contributed by atoms with Gasteiger partial charge in [0.05, 0.1) is 7.11 Å². The highest BCUT2D eigenvalue weighted by Gasteiger charge is 2.32. The Morgan fingerprint density at radius 2 is 1.88 bits per heavy atom. The van der Waals surface area contributed by atoms with Gasteiger partial charge in [0.15, 0.2) is 0 Å². The van der Waals surface area contributed by atoms with Crippen LogP contribution in [0.25, 0.3) is 0 Å². The highest BCUT2D eigenvalue weighted by atomic mass is 32.2. The molecule has 1 N–H and O–H groups in total. The Bertz CT molecular complexity index is 764. The number of likely N-dealkylation sites (N-methyl/N-ethyl adjacent to an activating group) is 1. The molecule has 7 nitrogen and oxygen atoms in total. The maximum absolute atomic E-state index is 13.0. The first-order chi connectivity index (χ1) is 12.1. The summed E-state index contributed by atoms with van der Waals surface area (Å²) in [6.45, 7) is 8.98. The number of nitrogens with zero attached hydrogens (tertiary/aromatic N) is 2. The molecule has 0 aromatic heterocycles. The zero-order valence-corrected chi connectivity index (χ0v) is 17.1. The number of rotatable bonds is 5. The van der Waals surface area contributed by atoms with Crippen LogP contribution in [0.2, 0.25) is 0 Å². The lowest BCUT2D eigenvalue weighted by molar-refractivity contribution is 0.0363. The van der Waals surface area contributed by atoms with E-state index < -0.39 is 10.0 Å². The average Bonchev–Trinajstić information content (AvgIpc) is 2.57. The van der Waals surface area contributed by atoms with Crippen molar-refractivity contribution >= 4 is 15.9 Å². The third-order valence-corrected chi connectivity index (χ3v) is 6.61. The lowest BCUT2D eigenvalue weighted by atomic mass is 10.0. The minimum Gasteiger partial charge on any atom is -0.495 e. The van der Waals surface area contributed by atoms with Crippen molar-refractivity contribution in [3.63, 3.8) is 0 Å². The van der Waals surface area contributed by atoms with Crippen molar-refractivity contribution in [2.24, 2.45) is 0 Å². The molecule has 1 aromatic carbocycles. The van der Waals surface area contributed by atoms with Crippen LogP contribution in [0.3, 0.4) is 0 Å². The summed E-state index contributed by atoms with van der Waals surface area (Å²) in [6.07, 6.45) is 0. The third kappa shape index (κ3) is 4.19. The Morgan fingerprint density at radius 3 is 2.46 bits per heavy atom. The Balaban J connectivity index is 2.39. The molecule has 1 amide bonds. The zero-order valence-electron chi connectivity index (χ0n) is 16.3. The summed E-state index contributed by atoms with van der Waals surface area (Å²) in [7, 11) is -0.324. The quantitative estimate of drug-likeness (QED) is 0.835. The van der Waals surface area contributed by atoms with Gasteiger partial charge in [-0.1, -0.05) is 0 Å². The molecule has 0 saturated carbocycles. The SMILES string of the molecule is COc1ccc(C(=O)N2CCN(C)[C@H](C)[C@@H]2C)cc1S(=O)(=O)NC(C)C. The second kappa shape index (κ2) is 7.94. The van der Waals surface area contributed by atoms with Crippen molar-refractivity contribution in [3.8, 4) is 5.75 Å². The molecule has 0 radical (unpaired) electrons. The van der Waals surface area contributed by atoms with Gasteiger partial charge in [-0.05, 0) is 52.9 Å². The fourth-order valence-corrected chi connectivity index (χ4v) is 4.59. The van der Waals surface area contributed by atoms with Crippen LogP contribution in [0.15, 0.2) is 23.1 Å². The predicted octanol–water partition coefficient (Wildman–Crippen LogP) is 1.55. The lowest BCUT2D eigenvalue weighted by Crippen LogP contribution is -2.57. The molecule has 0 spiro atoms. The van der Waals surface area contributed by atoms with E-state index in [0.29, 0.717) is 12.1 Å². The summed E-state index contributed by atoms with van der Waals surface area (Å²) >= 11 is 0. The molecule has 1 heterocycles. The van der Waals surface area contributed by atoms with Crippen LogP contribution in [0.5, 0.6) is 5.75 Å². The number of piperazine rings is 1. The molecule has 1 fully saturated rings. The number of carbonyl (C=O) groups excluding carboxylic acids is 1. The molecule has 0 aliphatic carbocycles. The fraction of sp³-hybridized carbons (Fsp3) is 0.611. The van der Waals surface area contributed by atoms with E-state index in [0.717, 1.165) is 6.54 Å². The van der Waals surface area contributed by atoms with Gasteiger partial charge in [0.2, 0.25) is 10.0 Å². The van der Waals surface area contributed by atoms with Crippen molar-refractivity contribution in [1.29, 1.82) is 0 Å². The van der Waals surface area contributed by atoms with Gasteiger partial charge in [0, 0.05) is 36.8 Å². The van der Waals surface area contributed by atoms with E-state index in [1.165, 1.54) is 19.2 Å². The minimum atomic E-state index is -3.78. The van der Waals surface area contributed by atoms with Crippen LogP contribution >= 0.6 is 0 Å². The number of nitrogens with one attached hydrogen (secondary N) is 1. The zero-order chi connectivity index (χ0) is 19.6. The van der Waals surface area contributed by atoms with Gasteiger partial charge in [-0.3, -0.25) is 9.69 Å². The normalized spacial score (nSPS) is 21.9. The Hall–Kier alpha value is -1.64. The number of methoxy groups -OCH3 is 1. The molecule has 0 unspecified atom stereocenters. The van der Waals surface area contributed by atoms with Gasteiger partial charge < -0.3 is 9.64 Å². The Labute approximate surface area is 156 Å². The van der Waals surface area contributed by atoms with Crippen LogP contribution < -0.4 is 9.46 Å². The highest BCUT2D eigenvalue weighted by Crippen LogP contribution is 2.27. The smallest absolute Gasteiger partial charge is 0.254 e. The van der Waals surface area contributed by atoms with E-state index >= 15 is 0 Å². The number of amides is 1. The van der Waals surface area contributed by atoms with E-state index in [1.54, 1.807) is 24.8 Å². The summed E-state index contributed by atoms with van der Waals surface area (Å²) in [5.74, 6) is 0.0515. The molecule has 1 aliphatic rings. The van der Waals surface area contributed by atoms with Crippen molar-refractivity contribution in [2.75, 3.05) is 27.2 Å². The molecule has 1 aliphatic heterocycles. The lowest BCUT2D eigenvalue weighted by Gasteiger charge is -2.43. The second-order valence-electron chi connectivity index (χ2n) is 7.10. The maximum atomic E-state index is 13.0. The van der Waals surface area contributed by atoms with Crippen LogP contribution in [0.1, 0.15) is 38.1 Å². The number of hydrogen-bond donors (Lipinski definition) is 1. The average molecular weight is 384 g/mol. The number of carbonyl (C=O) groups is 1. The molecular weight excluding hydrogens is 354 g/mol. The van der Waals surface area contributed by atoms with Gasteiger partial charge in [0.1, 0.15) is 10.6 Å². The standard InChI is InChI=1S/C18H29N3O4S/c1-12(2)19-26(23,24)17-11-15(7-8-16(17)25-6)18(22)21-10-9-20(5)13(3)14(21)4/h7-8,11-14,19H,9-10H2,1-6H3/t13-,14+/m1/s1. The van der Waals surface area contributed by atoms with E-state index in [4.69, 9.17) is 4.74 Å². The molecule has 1 saturated heterocycles. The fourth-order valence-electron chi connectivity index (χ4n) is 3.15. The maximum Gasteiger partial charge on any atom is 0.254 e. The van der Waals surface area contributed by atoms with Crippen molar-refractivity contribution in [2.45, 2.75) is 50.7 Å². The van der Waals surface area contributed by atoms with Gasteiger partial charge in [-0.2, -0.15) is 0 Å². The highest BCUT2D eigenvalue weighted by molar-refractivity contribution is 7.89. The third-order valence-electron chi connectivity index (χ3n) is 4.93. The first kappa shape index (κ1) is 20.7. The summed E-state index contributed by atoms with van der Waals surface area (Å²) in [5, 5.41) is 0. The van der Waals surface area contributed by atoms with Gasteiger partial charge >= 0.3 is 0 Å². The molecule has 0 bridgehead atoms. The minimum absolute atomic E-state index is 0.0191. The van der Waals surface area contributed by atoms with E-state index in [-0.39, 0.29) is 34.7 Å². The molecule has 1 aromatic rings. The number of sulfonamides is 1. The second-order valence-corrected chi connectivity index (χ2v) is 8.78. The van der Waals surface area contributed by atoms with E-state index in [9.17, 15) is 13.2 Å².